The molecule has 0 aliphatic heterocycles. The summed E-state index contributed by atoms with van der Waals surface area (Å²) in [6.45, 7) is 3.95. The van der Waals surface area contributed by atoms with E-state index in [-0.39, 0.29) is 0 Å². The van der Waals surface area contributed by atoms with E-state index in [1.165, 1.54) is 27.0 Å². The van der Waals surface area contributed by atoms with Crippen LogP contribution >= 0.6 is 22.9 Å². The summed E-state index contributed by atoms with van der Waals surface area (Å²) < 4.78 is 2.27. The van der Waals surface area contributed by atoms with Gasteiger partial charge < -0.3 is 9.88 Å². The molecule has 0 amide bonds. The molecule has 1 N–H and O–H groups in total. The molecule has 20 heavy (non-hydrogen) atoms. The first-order valence-electron chi connectivity index (χ1n) is 6.73. The molecule has 2 nitrogen and oxygen atoms in total. The van der Waals surface area contributed by atoms with Crippen molar-refractivity contribution < 1.29 is 0 Å². The third-order valence-corrected chi connectivity index (χ3v) is 4.68. The van der Waals surface area contributed by atoms with Gasteiger partial charge in [0.15, 0.2) is 0 Å². The van der Waals surface area contributed by atoms with Gasteiger partial charge in [0.1, 0.15) is 0 Å². The smallest absolute Gasteiger partial charge is 0.0635 e. The summed E-state index contributed by atoms with van der Waals surface area (Å²) in [5.74, 6) is 0. The zero-order valence-corrected chi connectivity index (χ0v) is 13.2. The first-order valence-corrected chi connectivity index (χ1v) is 7.99. The summed E-state index contributed by atoms with van der Waals surface area (Å²) in [5.41, 5.74) is 3.85. The highest BCUT2D eigenvalue weighted by Gasteiger charge is 2.17. The molecule has 0 atom stereocenters. The second-order valence-corrected chi connectivity index (χ2v) is 6.19. The van der Waals surface area contributed by atoms with Gasteiger partial charge in [-0.05, 0) is 36.2 Å². The van der Waals surface area contributed by atoms with Gasteiger partial charge in [0.2, 0.25) is 0 Å². The Morgan fingerprint density at radius 1 is 1.30 bits per heavy atom. The minimum atomic E-state index is 0.790. The highest BCUT2D eigenvalue weighted by atomic mass is 35.5. The first-order chi connectivity index (χ1) is 9.72. The Balaban J connectivity index is 2.28. The molecule has 4 heteroatoms. The first kappa shape index (κ1) is 13.7. The standard InChI is InChI=1S/C16H17ClN2S/c1-3-18-10-13-12-9-11(17)6-7-14(12)19(2)16(13)15-5-4-8-20-15/h4-9,18H,3,10H2,1-2H3. The summed E-state index contributed by atoms with van der Waals surface area (Å²) >= 11 is 7.96. The van der Waals surface area contributed by atoms with Gasteiger partial charge in [-0.2, -0.15) is 0 Å². The Morgan fingerprint density at radius 3 is 2.85 bits per heavy atom. The summed E-state index contributed by atoms with van der Waals surface area (Å²) in [7, 11) is 2.13. The molecule has 0 aliphatic carbocycles. The van der Waals surface area contributed by atoms with Crippen molar-refractivity contribution in [3.8, 4) is 10.6 Å². The number of thiophene rings is 1. The lowest BCUT2D eigenvalue weighted by molar-refractivity contribution is 0.729. The second-order valence-electron chi connectivity index (χ2n) is 4.81. The van der Waals surface area contributed by atoms with E-state index < -0.39 is 0 Å². The zero-order valence-electron chi connectivity index (χ0n) is 11.6. The lowest BCUT2D eigenvalue weighted by atomic mass is 10.1. The molecular weight excluding hydrogens is 288 g/mol. The third-order valence-electron chi connectivity index (χ3n) is 3.57. The largest absolute Gasteiger partial charge is 0.343 e. The lowest BCUT2D eigenvalue weighted by Gasteiger charge is -2.06. The van der Waals surface area contributed by atoms with Crippen molar-refractivity contribution in [2.45, 2.75) is 13.5 Å². The molecule has 2 aromatic heterocycles. The number of rotatable bonds is 4. The van der Waals surface area contributed by atoms with Crippen molar-refractivity contribution in [3.63, 3.8) is 0 Å². The van der Waals surface area contributed by atoms with E-state index in [0.29, 0.717) is 0 Å². The number of aromatic nitrogens is 1. The monoisotopic (exact) mass is 304 g/mol. The maximum Gasteiger partial charge on any atom is 0.0635 e. The van der Waals surface area contributed by atoms with Crippen molar-refractivity contribution in [2.24, 2.45) is 7.05 Å². The molecule has 0 aliphatic rings. The van der Waals surface area contributed by atoms with Crippen molar-refractivity contribution in [3.05, 3.63) is 46.3 Å². The predicted octanol–water partition coefficient (Wildman–Crippen LogP) is 4.67. The number of aryl methyl sites for hydroxylation is 1. The second kappa shape index (κ2) is 5.60. The van der Waals surface area contributed by atoms with Crippen LogP contribution in [-0.4, -0.2) is 11.1 Å². The van der Waals surface area contributed by atoms with Gasteiger partial charge >= 0.3 is 0 Å². The average molecular weight is 305 g/mol. The molecule has 0 spiro atoms. The number of hydrogen-bond acceptors (Lipinski definition) is 2. The Kier molecular flexibility index (Phi) is 3.83. The molecule has 0 bridgehead atoms. The van der Waals surface area contributed by atoms with Gasteiger partial charge in [-0.1, -0.05) is 24.6 Å². The van der Waals surface area contributed by atoms with Crippen LogP contribution < -0.4 is 5.32 Å². The van der Waals surface area contributed by atoms with Crippen LogP contribution in [0.15, 0.2) is 35.7 Å². The molecule has 1 aromatic carbocycles. The van der Waals surface area contributed by atoms with Crippen LogP contribution in [0, 0.1) is 0 Å². The minimum Gasteiger partial charge on any atom is -0.343 e. The highest BCUT2D eigenvalue weighted by Crippen LogP contribution is 2.36. The van der Waals surface area contributed by atoms with E-state index in [4.69, 9.17) is 11.6 Å². The Hall–Kier alpha value is -1.29. The molecule has 104 valence electrons. The van der Waals surface area contributed by atoms with E-state index in [1.807, 2.05) is 6.07 Å². The normalized spacial score (nSPS) is 11.3. The van der Waals surface area contributed by atoms with E-state index in [1.54, 1.807) is 11.3 Å². The number of fused-ring (bicyclic) bond motifs is 1. The molecule has 0 fully saturated rings. The molecule has 0 saturated carbocycles. The fourth-order valence-electron chi connectivity index (χ4n) is 2.65. The zero-order chi connectivity index (χ0) is 14.1. The van der Waals surface area contributed by atoms with Gasteiger partial charge in [-0.15, -0.1) is 11.3 Å². The third kappa shape index (κ3) is 2.26. The summed E-state index contributed by atoms with van der Waals surface area (Å²) in [6, 6.07) is 10.4. The Bertz CT molecular complexity index is 729. The van der Waals surface area contributed by atoms with E-state index in [2.05, 4.69) is 53.5 Å². The maximum absolute atomic E-state index is 6.18. The van der Waals surface area contributed by atoms with Crippen LogP contribution in [0.5, 0.6) is 0 Å². The quantitative estimate of drug-likeness (QED) is 0.741. The van der Waals surface area contributed by atoms with Crippen LogP contribution in [0.4, 0.5) is 0 Å². The molecular formula is C16H17ClN2S. The number of benzene rings is 1. The molecule has 2 heterocycles. The highest BCUT2D eigenvalue weighted by molar-refractivity contribution is 7.13. The fourth-order valence-corrected chi connectivity index (χ4v) is 3.65. The topological polar surface area (TPSA) is 17.0 Å². The predicted molar refractivity (Wildman–Crippen MR) is 88.6 cm³/mol. The van der Waals surface area contributed by atoms with Gasteiger partial charge in [0.25, 0.3) is 0 Å². The Labute approximate surface area is 128 Å². The van der Waals surface area contributed by atoms with Crippen molar-refractivity contribution in [2.75, 3.05) is 6.54 Å². The lowest BCUT2D eigenvalue weighted by Crippen LogP contribution is -2.12. The van der Waals surface area contributed by atoms with E-state index >= 15 is 0 Å². The number of nitrogens with one attached hydrogen (secondary N) is 1. The Morgan fingerprint density at radius 2 is 2.15 bits per heavy atom. The van der Waals surface area contributed by atoms with Crippen molar-refractivity contribution in [1.29, 1.82) is 0 Å². The van der Waals surface area contributed by atoms with Gasteiger partial charge in [0, 0.05) is 35.1 Å². The van der Waals surface area contributed by atoms with Crippen molar-refractivity contribution >= 4 is 33.8 Å². The summed E-state index contributed by atoms with van der Waals surface area (Å²) in [5, 5.41) is 7.59. The number of hydrogen-bond donors (Lipinski definition) is 1. The van der Waals surface area contributed by atoms with Gasteiger partial charge in [0.05, 0.1) is 10.6 Å². The van der Waals surface area contributed by atoms with Crippen LogP contribution in [0.2, 0.25) is 5.02 Å². The number of halogens is 1. The van der Waals surface area contributed by atoms with Crippen LogP contribution in [0.1, 0.15) is 12.5 Å². The van der Waals surface area contributed by atoms with E-state index in [9.17, 15) is 0 Å². The SMILES string of the molecule is CCNCc1c(-c2cccs2)n(C)c2ccc(Cl)cc12. The fraction of sp³-hybridized carbons (Fsp3) is 0.250. The van der Waals surface area contributed by atoms with E-state index in [0.717, 1.165) is 18.1 Å². The van der Waals surface area contributed by atoms with Crippen LogP contribution in [-0.2, 0) is 13.6 Å². The van der Waals surface area contributed by atoms with Gasteiger partial charge in [-0.3, -0.25) is 0 Å². The average Bonchev–Trinajstić information content (AvgIpc) is 3.03. The molecule has 0 radical (unpaired) electrons. The summed E-state index contributed by atoms with van der Waals surface area (Å²) in [6.07, 6.45) is 0. The van der Waals surface area contributed by atoms with Gasteiger partial charge in [-0.25, -0.2) is 0 Å². The number of nitrogens with zero attached hydrogens (tertiary/aromatic N) is 1. The maximum atomic E-state index is 6.18. The summed E-state index contributed by atoms with van der Waals surface area (Å²) in [4.78, 5) is 1.30. The molecule has 0 unspecified atom stereocenters. The van der Waals surface area contributed by atoms with Crippen molar-refractivity contribution in [1.82, 2.24) is 9.88 Å². The minimum absolute atomic E-state index is 0.790. The molecule has 0 saturated heterocycles. The molecule has 3 aromatic rings. The van der Waals surface area contributed by atoms with Crippen LogP contribution in [0.25, 0.3) is 21.5 Å². The molecule has 3 rings (SSSR count). The van der Waals surface area contributed by atoms with Crippen LogP contribution in [0.3, 0.4) is 0 Å².